The summed E-state index contributed by atoms with van der Waals surface area (Å²) in [4.78, 5) is 18.7. The fourth-order valence-electron chi connectivity index (χ4n) is 2.86. The van der Waals surface area contributed by atoms with Crippen LogP contribution in [0.2, 0.25) is 0 Å². The van der Waals surface area contributed by atoms with Gasteiger partial charge in [0.05, 0.1) is 29.3 Å². The summed E-state index contributed by atoms with van der Waals surface area (Å²) in [6.45, 7) is 3.94. The van der Waals surface area contributed by atoms with E-state index in [9.17, 15) is 9.18 Å². The highest BCUT2D eigenvalue weighted by Crippen LogP contribution is 2.27. The smallest absolute Gasteiger partial charge is 0.250 e. The van der Waals surface area contributed by atoms with Gasteiger partial charge in [-0.15, -0.1) is 10.2 Å². The Kier molecular flexibility index (Phi) is 3.53. The topological polar surface area (TPSA) is 120 Å². The molecule has 0 unspecified atom stereocenters. The van der Waals surface area contributed by atoms with Crippen molar-refractivity contribution in [2.45, 2.75) is 20.4 Å². The molecule has 0 fully saturated rings. The third-order valence-corrected chi connectivity index (χ3v) is 4.12. The molecule has 0 radical (unpaired) electrons. The van der Waals surface area contributed by atoms with E-state index in [2.05, 4.69) is 25.3 Å². The first-order valence-corrected chi connectivity index (χ1v) is 7.91. The zero-order chi connectivity index (χ0) is 18.4. The second-order valence-electron chi connectivity index (χ2n) is 5.78. The Bertz CT molecular complexity index is 1140. The third kappa shape index (κ3) is 2.34. The van der Waals surface area contributed by atoms with E-state index in [4.69, 9.17) is 5.73 Å². The molecule has 0 aliphatic heterocycles. The van der Waals surface area contributed by atoms with Crippen LogP contribution in [-0.2, 0) is 6.54 Å². The molecule has 4 heterocycles. The van der Waals surface area contributed by atoms with E-state index in [-0.39, 0.29) is 17.2 Å². The molecule has 0 aliphatic rings. The van der Waals surface area contributed by atoms with Crippen molar-refractivity contribution >= 4 is 11.4 Å². The molecule has 3 N–H and O–H groups in total. The Morgan fingerprint density at radius 2 is 2.12 bits per heavy atom. The van der Waals surface area contributed by atoms with E-state index in [0.717, 1.165) is 0 Å². The summed E-state index contributed by atoms with van der Waals surface area (Å²) < 4.78 is 17.6. The molecule has 9 nitrogen and oxygen atoms in total. The average molecular weight is 354 g/mol. The number of imidazole rings is 1. The number of nitrogens with zero attached hydrogens (tertiary/aromatic N) is 6. The van der Waals surface area contributed by atoms with Crippen LogP contribution in [0.15, 0.2) is 24.8 Å². The van der Waals surface area contributed by atoms with Crippen LogP contribution in [0.4, 0.5) is 4.39 Å². The van der Waals surface area contributed by atoms with Gasteiger partial charge >= 0.3 is 0 Å². The Morgan fingerprint density at radius 3 is 2.85 bits per heavy atom. The molecule has 0 saturated heterocycles. The summed E-state index contributed by atoms with van der Waals surface area (Å²) in [5, 5.41) is 12.3. The summed E-state index contributed by atoms with van der Waals surface area (Å²) in [5.41, 5.74) is 7.50. The first-order valence-electron chi connectivity index (χ1n) is 7.91. The molecule has 0 saturated carbocycles. The predicted octanol–water partition coefficient (Wildman–Crippen LogP) is 1.55. The standard InChI is InChI=1S/C16H15FN8O/c1-3-25-13(12(17)8(2)23-25)16-20-15(21-22-16)10-4-9(14(18)26)6-24-7-19-5-11(10)24/h4-7H,3H2,1-2H3,(H2,18,26)(H,20,21,22). The number of aromatic amines is 1. The number of H-pyrrole nitrogens is 1. The van der Waals surface area contributed by atoms with Gasteiger partial charge in [0.15, 0.2) is 17.5 Å². The monoisotopic (exact) mass is 354 g/mol. The molecule has 4 rings (SSSR count). The number of fused-ring (bicyclic) bond motifs is 1. The van der Waals surface area contributed by atoms with Gasteiger partial charge < -0.3 is 15.1 Å². The van der Waals surface area contributed by atoms with Crippen molar-refractivity contribution < 1.29 is 9.18 Å². The SMILES string of the molecule is CCn1nc(C)c(F)c1-c1nnc(-c2cc(C(N)=O)cn3cncc23)[nH]1. The van der Waals surface area contributed by atoms with Crippen LogP contribution < -0.4 is 5.73 Å². The summed E-state index contributed by atoms with van der Waals surface area (Å²) in [5.74, 6) is -0.404. The van der Waals surface area contributed by atoms with E-state index in [1.54, 1.807) is 36.1 Å². The highest BCUT2D eigenvalue weighted by atomic mass is 19.1. The average Bonchev–Trinajstić information content (AvgIpc) is 3.33. The number of nitrogens with two attached hydrogens (primary N) is 1. The van der Waals surface area contributed by atoms with Crippen molar-refractivity contribution in [1.82, 2.24) is 34.3 Å². The Balaban J connectivity index is 1.89. The van der Waals surface area contributed by atoms with Gasteiger partial charge in [-0.3, -0.25) is 9.48 Å². The number of amides is 1. The molecule has 0 aliphatic carbocycles. The Morgan fingerprint density at radius 1 is 1.35 bits per heavy atom. The maximum atomic E-state index is 14.4. The van der Waals surface area contributed by atoms with Crippen LogP contribution in [-0.4, -0.2) is 40.3 Å². The molecule has 0 spiro atoms. The number of halogens is 1. The molecule has 1 amide bonds. The largest absolute Gasteiger partial charge is 0.366 e. The number of aromatic nitrogens is 7. The molecule has 26 heavy (non-hydrogen) atoms. The highest BCUT2D eigenvalue weighted by molar-refractivity contribution is 5.95. The number of hydrogen-bond acceptors (Lipinski definition) is 5. The molecular formula is C16H15FN8O. The minimum absolute atomic E-state index is 0.235. The lowest BCUT2D eigenvalue weighted by molar-refractivity contribution is 0.1000. The number of carbonyl (C=O) groups excluding carboxylic acids is 1. The van der Waals surface area contributed by atoms with Crippen molar-refractivity contribution in [3.8, 4) is 22.9 Å². The molecule has 132 valence electrons. The number of hydrogen-bond donors (Lipinski definition) is 2. The van der Waals surface area contributed by atoms with Gasteiger partial charge in [0, 0.05) is 18.3 Å². The minimum atomic E-state index is -0.577. The van der Waals surface area contributed by atoms with Gasteiger partial charge in [0.25, 0.3) is 0 Å². The second kappa shape index (κ2) is 5.76. The third-order valence-electron chi connectivity index (χ3n) is 4.12. The maximum absolute atomic E-state index is 14.4. The van der Waals surface area contributed by atoms with Gasteiger partial charge in [-0.1, -0.05) is 0 Å². The first kappa shape index (κ1) is 15.9. The fraction of sp³-hybridized carbons (Fsp3) is 0.188. The summed E-state index contributed by atoms with van der Waals surface area (Å²) >= 11 is 0. The van der Waals surface area contributed by atoms with E-state index in [0.29, 0.717) is 29.0 Å². The van der Waals surface area contributed by atoms with E-state index in [1.807, 2.05) is 6.92 Å². The quantitative estimate of drug-likeness (QED) is 0.576. The van der Waals surface area contributed by atoms with Crippen LogP contribution in [0, 0.1) is 12.7 Å². The number of carbonyl (C=O) groups is 1. The van der Waals surface area contributed by atoms with Crippen LogP contribution in [0.1, 0.15) is 23.0 Å². The van der Waals surface area contributed by atoms with Gasteiger partial charge in [0.2, 0.25) is 5.91 Å². The van der Waals surface area contributed by atoms with Gasteiger partial charge in [0.1, 0.15) is 5.69 Å². The minimum Gasteiger partial charge on any atom is -0.366 e. The lowest BCUT2D eigenvalue weighted by atomic mass is 10.1. The summed E-state index contributed by atoms with van der Waals surface area (Å²) in [6, 6.07) is 1.60. The fourth-order valence-corrected chi connectivity index (χ4v) is 2.86. The first-order chi connectivity index (χ1) is 12.5. The summed E-state index contributed by atoms with van der Waals surface area (Å²) in [6.07, 6.45) is 4.77. The van der Waals surface area contributed by atoms with E-state index >= 15 is 0 Å². The lowest BCUT2D eigenvalue weighted by Gasteiger charge is -2.04. The molecule has 4 aromatic heterocycles. The van der Waals surface area contributed by atoms with Crippen molar-refractivity contribution in [2.24, 2.45) is 5.73 Å². The summed E-state index contributed by atoms with van der Waals surface area (Å²) in [7, 11) is 0. The number of aryl methyl sites for hydroxylation is 2. The highest BCUT2D eigenvalue weighted by Gasteiger charge is 2.21. The van der Waals surface area contributed by atoms with Crippen molar-refractivity contribution in [2.75, 3.05) is 0 Å². The van der Waals surface area contributed by atoms with Crippen molar-refractivity contribution in [1.29, 1.82) is 0 Å². The molecule has 0 bridgehead atoms. The molecule has 10 heteroatoms. The van der Waals surface area contributed by atoms with Crippen LogP contribution in [0.5, 0.6) is 0 Å². The van der Waals surface area contributed by atoms with Gasteiger partial charge in [-0.25, -0.2) is 9.37 Å². The van der Waals surface area contributed by atoms with Crippen LogP contribution >= 0.6 is 0 Å². The predicted molar refractivity (Wildman–Crippen MR) is 90.7 cm³/mol. The Labute approximate surface area is 146 Å². The van der Waals surface area contributed by atoms with Gasteiger partial charge in [-0.2, -0.15) is 5.10 Å². The van der Waals surface area contributed by atoms with Crippen LogP contribution in [0.3, 0.4) is 0 Å². The number of pyridine rings is 1. The second-order valence-corrected chi connectivity index (χ2v) is 5.78. The lowest BCUT2D eigenvalue weighted by Crippen LogP contribution is -2.12. The zero-order valence-corrected chi connectivity index (χ0v) is 14.1. The van der Waals surface area contributed by atoms with E-state index < -0.39 is 11.7 Å². The normalized spacial score (nSPS) is 11.3. The molecular weight excluding hydrogens is 339 g/mol. The van der Waals surface area contributed by atoms with E-state index in [1.165, 1.54) is 4.68 Å². The molecule has 0 atom stereocenters. The van der Waals surface area contributed by atoms with Crippen molar-refractivity contribution in [3.63, 3.8) is 0 Å². The van der Waals surface area contributed by atoms with Crippen LogP contribution in [0.25, 0.3) is 28.4 Å². The molecule has 4 aromatic rings. The maximum Gasteiger partial charge on any atom is 0.250 e. The van der Waals surface area contributed by atoms with Gasteiger partial charge in [-0.05, 0) is 19.9 Å². The molecule has 0 aromatic carbocycles. The number of rotatable bonds is 4. The van der Waals surface area contributed by atoms with Crippen molar-refractivity contribution in [3.05, 3.63) is 41.9 Å². The number of nitrogens with one attached hydrogen (secondary N) is 1. The Hall–Kier alpha value is -3.56. The number of primary amides is 1. The zero-order valence-electron chi connectivity index (χ0n) is 14.1.